The summed E-state index contributed by atoms with van der Waals surface area (Å²) in [4.78, 5) is 4.40. The Labute approximate surface area is 87.3 Å². The van der Waals surface area contributed by atoms with Gasteiger partial charge in [-0.2, -0.15) is 0 Å². The molecule has 2 heterocycles. The Morgan fingerprint density at radius 3 is 2.73 bits per heavy atom. The van der Waals surface area contributed by atoms with Gasteiger partial charge in [0.05, 0.1) is 5.54 Å². The van der Waals surface area contributed by atoms with E-state index in [0.717, 1.165) is 35.8 Å². The Kier molecular flexibility index (Phi) is 1.49. The van der Waals surface area contributed by atoms with Crippen LogP contribution in [0.3, 0.4) is 0 Å². The summed E-state index contributed by atoms with van der Waals surface area (Å²) in [5, 5.41) is 8.32. The smallest absolute Gasteiger partial charge is 0.164 e. The molecule has 0 amide bonds. The van der Waals surface area contributed by atoms with Crippen molar-refractivity contribution in [2.75, 3.05) is 0 Å². The Morgan fingerprint density at radius 2 is 2.07 bits per heavy atom. The van der Waals surface area contributed by atoms with Gasteiger partial charge in [0.2, 0.25) is 0 Å². The van der Waals surface area contributed by atoms with Crippen LogP contribution in [0.25, 0.3) is 5.65 Å². The van der Waals surface area contributed by atoms with Crippen molar-refractivity contribution < 1.29 is 0 Å². The van der Waals surface area contributed by atoms with Gasteiger partial charge < -0.3 is 5.73 Å². The lowest BCUT2D eigenvalue weighted by molar-refractivity contribution is 0.652. The summed E-state index contributed by atoms with van der Waals surface area (Å²) in [6, 6.07) is 1.93. The molecule has 78 valence electrons. The molecule has 5 heteroatoms. The van der Waals surface area contributed by atoms with Gasteiger partial charge in [0.25, 0.3) is 0 Å². The standard InChI is InChI=1S/C10H13N5/c1-6-5-8-13-14-9(10(11)3-4-10)15(8)7(2)12-6/h5H,3-4,11H2,1-2H3. The van der Waals surface area contributed by atoms with Gasteiger partial charge in [0.15, 0.2) is 11.5 Å². The molecule has 0 aromatic carbocycles. The van der Waals surface area contributed by atoms with Crippen LogP contribution in [0, 0.1) is 13.8 Å². The molecule has 2 aromatic rings. The Morgan fingerprint density at radius 1 is 1.33 bits per heavy atom. The van der Waals surface area contributed by atoms with E-state index in [1.54, 1.807) is 0 Å². The van der Waals surface area contributed by atoms with Gasteiger partial charge >= 0.3 is 0 Å². The van der Waals surface area contributed by atoms with Crippen LogP contribution in [0.2, 0.25) is 0 Å². The van der Waals surface area contributed by atoms with E-state index in [2.05, 4.69) is 15.2 Å². The third kappa shape index (κ3) is 1.16. The van der Waals surface area contributed by atoms with Crippen molar-refractivity contribution in [3.8, 4) is 0 Å². The minimum atomic E-state index is -0.263. The van der Waals surface area contributed by atoms with Crippen molar-refractivity contribution in [2.45, 2.75) is 32.2 Å². The number of aromatic nitrogens is 4. The van der Waals surface area contributed by atoms with Gasteiger partial charge in [-0.05, 0) is 26.7 Å². The van der Waals surface area contributed by atoms with Crippen LogP contribution in [0.5, 0.6) is 0 Å². The largest absolute Gasteiger partial charge is 0.319 e. The van der Waals surface area contributed by atoms with Crippen LogP contribution in [0.4, 0.5) is 0 Å². The zero-order valence-corrected chi connectivity index (χ0v) is 8.86. The topological polar surface area (TPSA) is 69.1 Å². The molecule has 0 saturated heterocycles. The quantitative estimate of drug-likeness (QED) is 0.740. The average molecular weight is 203 g/mol. The number of hydrogen-bond donors (Lipinski definition) is 1. The van der Waals surface area contributed by atoms with Crippen molar-refractivity contribution in [1.82, 2.24) is 19.6 Å². The van der Waals surface area contributed by atoms with Gasteiger partial charge in [-0.15, -0.1) is 10.2 Å². The molecule has 0 spiro atoms. The van der Waals surface area contributed by atoms with Crippen molar-refractivity contribution >= 4 is 5.65 Å². The summed E-state index contributed by atoms with van der Waals surface area (Å²) in [6.07, 6.45) is 1.97. The summed E-state index contributed by atoms with van der Waals surface area (Å²) in [6.45, 7) is 3.91. The van der Waals surface area contributed by atoms with E-state index in [9.17, 15) is 0 Å². The van der Waals surface area contributed by atoms with Crippen LogP contribution < -0.4 is 5.73 Å². The number of nitrogens with two attached hydrogens (primary N) is 1. The highest BCUT2D eigenvalue weighted by Gasteiger charge is 2.44. The van der Waals surface area contributed by atoms with Crippen molar-refractivity contribution in [3.05, 3.63) is 23.4 Å². The summed E-state index contributed by atoms with van der Waals surface area (Å²) >= 11 is 0. The van der Waals surface area contributed by atoms with Crippen LogP contribution >= 0.6 is 0 Å². The molecule has 1 saturated carbocycles. The fourth-order valence-electron chi connectivity index (χ4n) is 1.91. The molecule has 0 aliphatic heterocycles. The molecule has 0 atom stereocenters. The average Bonchev–Trinajstić information content (AvgIpc) is 2.76. The fourth-order valence-corrected chi connectivity index (χ4v) is 1.91. The van der Waals surface area contributed by atoms with E-state index >= 15 is 0 Å². The minimum Gasteiger partial charge on any atom is -0.319 e. The third-order valence-corrected chi connectivity index (χ3v) is 2.92. The third-order valence-electron chi connectivity index (χ3n) is 2.92. The molecule has 0 unspecified atom stereocenters. The zero-order chi connectivity index (χ0) is 10.6. The highest BCUT2D eigenvalue weighted by Crippen LogP contribution is 2.41. The van der Waals surface area contributed by atoms with Crippen LogP contribution in [0.1, 0.15) is 30.2 Å². The van der Waals surface area contributed by atoms with Gasteiger partial charge in [0.1, 0.15) is 5.82 Å². The lowest BCUT2D eigenvalue weighted by atomic mass is 10.3. The van der Waals surface area contributed by atoms with Crippen LogP contribution in [-0.4, -0.2) is 19.6 Å². The Balaban J connectivity index is 2.33. The van der Waals surface area contributed by atoms with Crippen molar-refractivity contribution in [3.63, 3.8) is 0 Å². The monoisotopic (exact) mass is 203 g/mol. The second kappa shape index (κ2) is 2.55. The van der Waals surface area contributed by atoms with Gasteiger partial charge in [0, 0.05) is 11.8 Å². The number of hydrogen-bond acceptors (Lipinski definition) is 4. The number of nitrogens with zero attached hydrogens (tertiary/aromatic N) is 4. The maximum atomic E-state index is 6.13. The molecular weight excluding hydrogens is 190 g/mol. The zero-order valence-electron chi connectivity index (χ0n) is 8.86. The molecule has 0 radical (unpaired) electrons. The molecule has 1 fully saturated rings. The molecule has 15 heavy (non-hydrogen) atoms. The lowest BCUT2D eigenvalue weighted by Gasteiger charge is -2.08. The molecule has 1 aliphatic rings. The molecule has 0 bridgehead atoms. The lowest BCUT2D eigenvalue weighted by Crippen LogP contribution is -2.23. The van der Waals surface area contributed by atoms with E-state index in [1.165, 1.54) is 0 Å². The van der Waals surface area contributed by atoms with E-state index < -0.39 is 0 Å². The van der Waals surface area contributed by atoms with Crippen molar-refractivity contribution in [2.24, 2.45) is 5.73 Å². The number of aryl methyl sites for hydroxylation is 2. The fraction of sp³-hybridized carbons (Fsp3) is 0.500. The molecule has 2 aromatic heterocycles. The number of fused-ring (bicyclic) bond motifs is 1. The first kappa shape index (κ1) is 8.79. The summed E-state index contributed by atoms with van der Waals surface area (Å²) in [5.41, 5.74) is 7.67. The van der Waals surface area contributed by atoms with Gasteiger partial charge in [-0.1, -0.05) is 0 Å². The van der Waals surface area contributed by atoms with E-state index in [0.29, 0.717) is 0 Å². The van der Waals surface area contributed by atoms with Crippen molar-refractivity contribution in [1.29, 1.82) is 0 Å². The molecule has 1 aliphatic carbocycles. The molecule has 3 rings (SSSR count). The predicted octanol–water partition coefficient (Wildman–Crippen LogP) is 0.689. The Bertz CT molecular complexity index is 538. The van der Waals surface area contributed by atoms with Crippen LogP contribution in [-0.2, 0) is 5.54 Å². The molecule has 2 N–H and O–H groups in total. The first-order valence-electron chi connectivity index (χ1n) is 5.09. The second-order valence-corrected chi connectivity index (χ2v) is 4.32. The summed E-state index contributed by atoms with van der Waals surface area (Å²) < 4.78 is 1.96. The summed E-state index contributed by atoms with van der Waals surface area (Å²) in [5.74, 6) is 1.75. The first-order chi connectivity index (χ1) is 7.10. The number of rotatable bonds is 1. The van der Waals surface area contributed by atoms with Gasteiger partial charge in [-0.3, -0.25) is 4.40 Å². The van der Waals surface area contributed by atoms with Crippen LogP contribution in [0.15, 0.2) is 6.07 Å². The SMILES string of the molecule is Cc1cc2nnc(C3(N)CC3)n2c(C)n1. The molecular formula is C10H13N5. The maximum Gasteiger partial charge on any atom is 0.164 e. The predicted molar refractivity (Wildman–Crippen MR) is 55.4 cm³/mol. The highest BCUT2D eigenvalue weighted by atomic mass is 15.3. The maximum absolute atomic E-state index is 6.13. The van der Waals surface area contributed by atoms with E-state index in [-0.39, 0.29) is 5.54 Å². The Hall–Kier alpha value is -1.49. The normalized spacial score (nSPS) is 18.3. The molecule has 5 nitrogen and oxygen atoms in total. The highest BCUT2D eigenvalue weighted by molar-refractivity contribution is 5.41. The second-order valence-electron chi connectivity index (χ2n) is 4.32. The van der Waals surface area contributed by atoms with E-state index in [4.69, 9.17) is 5.73 Å². The minimum absolute atomic E-state index is 0.263. The summed E-state index contributed by atoms with van der Waals surface area (Å²) in [7, 11) is 0. The first-order valence-corrected chi connectivity index (χ1v) is 5.09. The van der Waals surface area contributed by atoms with E-state index in [1.807, 2.05) is 24.3 Å². The van der Waals surface area contributed by atoms with Gasteiger partial charge in [-0.25, -0.2) is 4.98 Å².